The molecule has 2 aromatic rings. The number of aryl methyl sites for hydroxylation is 1. The SMILES string of the molecule is COc1c(C)nc(-c2ccccc2)n1OC. The van der Waals surface area contributed by atoms with Gasteiger partial charge in [-0.15, -0.1) is 4.73 Å². The van der Waals surface area contributed by atoms with Crippen molar-refractivity contribution in [2.24, 2.45) is 0 Å². The van der Waals surface area contributed by atoms with E-state index in [1.54, 1.807) is 19.0 Å². The van der Waals surface area contributed by atoms with E-state index in [0.717, 1.165) is 17.1 Å². The van der Waals surface area contributed by atoms with Gasteiger partial charge in [-0.1, -0.05) is 30.3 Å². The Hall–Kier alpha value is -1.97. The van der Waals surface area contributed by atoms with E-state index in [2.05, 4.69) is 4.98 Å². The molecule has 0 amide bonds. The molecule has 0 aliphatic rings. The predicted molar refractivity (Wildman–Crippen MR) is 61.5 cm³/mol. The Morgan fingerprint density at radius 1 is 1.12 bits per heavy atom. The van der Waals surface area contributed by atoms with E-state index >= 15 is 0 Å². The molecule has 0 aliphatic heterocycles. The van der Waals surface area contributed by atoms with Crippen LogP contribution in [-0.4, -0.2) is 23.9 Å². The number of ether oxygens (including phenoxy) is 1. The van der Waals surface area contributed by atoms with Crippen LogP contribution in [-0.2, 0) is 0 Å². The molecular weight excluding hydrogens is 204 g/mol. The lowest BCUT2D eigenvalue weighted by Crippen LogP contribution is -2.09. The molecule has 1 aromatic carbocycles. The number of methoxy groups -OCH3 is 1. The Morgan fingerprint density at radius 2 is 1.81 bits per heavy atom. The second kappa shape index (κ2) is 4.26. The Balaban J connectivity index is 2.57. The van der Waals surface area contributed by atoms with Crippen LogP contribution in [0.25, 0.3) is 11.4 Å². The second-order valence-electron chi connectivity index (χ2n) is 3.37. The van der Waals surface area contributed by atoms with Gasteiger partial charge in [0.15, 0.2) is 5.82 Å². The summed E-state index contributed by atoms with van der Waals surface area (Å²) in [6, 6.07) is 9.86. The van der Waals surface area contributed by atoms with E-state index in [4.69, 9.17) is 9.57 Å². The number of hydrogen-bond acceptors (Lipinski definition) is 3. The van der Waals surface area contributed by atoms with Crippen molar-refractivity contribution in [3.8, 4) is 17.3 Å². The minimum Gasteiger partial charge on any atom is -0.479 e. The highest BCUT2D eigenvalue weighted by Gasteiger charge is 2.16. The van der Waals surface area contributed by atoms with Crippen molar-refractivity contribution in [2.45, 2.75) is 6.92 Å². The number of imidazole rings is 1. The van der Waals surface area contributed by atoms with Crippen LogP contribution >= 0.6 is 0 Å². The monoisotopic (exact) mass is 218 g/mol. The standard InChI is InChI=1S/C12H14N2O2/c1-9-12(15-2)14(16-3)11(13-9)10-7-5-4-6-8-10/h4-8H,1-3H3. The molecule has 1 aromatic heterocycles. The van der Waals surface area contributed by atoms with Crippen LogP contribution in [0, 0.1) is 6.92 Å². The van der Waals surface area contributed by atoms with Crippen LogP contribution in [0.3, 0.4) is 0 Å². The topological polar surface area (TPSA) is 36.3 Å². The van der Waals surface area contributed by atoms with Crippen LogP contribution in [0.1, 0.15) is 5.69 Å². The zero-order valence-corrected chi connectivity index (χ0v) is 9.60. The van der Waals surface area contributed by atoms with Gasteiger partial charge in [-0.3, -0.25) is 0 Å². The highest BCUT2D eigenvalue weighted by molar-refractivity contribution is 5.57. The molecule has 0 radical (unpaired) electrons. The van der Waals surface area contributed by atoms with Gasteiger partial charge >= 0.3 is 0 Å². The molecule has 16 heavy (non-hydrogen) atoms. The first-order chi connectivity index (χ1) is 7.77. The average molecular weight is 218 g/mol. The lowest BCUT2D eigenvalue weighted by atomic mass is 10.2. The van der Waals surface area contributed by atoms with Gasteiger partial charge in [0.25, 0.3) is 5.88 Å². The molecule has 0 atom stereocenters. The highest BCUT2D eigenvalue weighted by atomic mass is 16.7. The van der Waals surface area contributed by atoms with E-state index in [0.29, 0.717) is 5.88 Å². The summed E-state index contributed by atoms with van der Waals surface area (Å²) in [5.41, 5.74) is 1.80. The van der Waals surface area contributed by atoms with Crippen molar-refractivity contribution >= 4 is 0 Å². The van der Waals surface area contributed by atoms with E-state index in [-0.39, 0.29) is 0 Å². The highest BCUT2D eigenvalue weighted by Crippen LogP contribution is 2.25. The molecule has 0 saturated carbocycles. The van der Waals surface area contributed by atoms with Crippen LogP contribution in [0.5, 0.6) is 5.88 Å². The third-order valence-electron chi connectivity index (χ3n) is 2.37. The van der Waals surface area contributed by atoms with Gasteiger partial charge in [-0.25, -0.2) is 4.98 Å². The molecule has 0 saturated heterocycles. The van der Waals surface area contributed by atoms with Gasteiger partial charge in [0.05, 0.1) is 7.11 Å². The number of hydrogen-bond donors (Lipinski definition) is 0. The number of rotatable bonds is 3. The third-order valence-corrected chi connectivity index (χ3v) is 2.37. The van der Waals surface area contributed by atoms with Crippen molar-refractivity contribution in [3.63, 3.8) is 0 Å². The van der Waals surface area contributed by atoms with Gasteiger partial charge in [-0.2, -0.15) is 0 Å². The molecule has 1 heterocycles. The lowest BCUT2D eigenvalue weighted by Gasteiger charge is -2.08. The zero-order valence-electron chi connectivity index (χ0n) is 9.60. The van der Waals surface area contributed by atoms with Crippen molar-refractivity contribution in [2.75, 3.05) is 14.2 Å². The minimum atomic E-state index is 0.626. The molecule has 0 unspecified atom stereocenters. The molecule has 0 spiro atoms. The van der Waals surface area contributed by atoms with Gasteiger partial charge < -0.3 is 9.57 Å². The summed E-state index contributed by atoms with van der Waals surface area (Å²) in [4.78, 5) is 9.71. The summed E-state index contributed by atoms with van der Waals surface area (Å²) in [7, 11) is 3.20. The van der Waals surface area contributed by atoms with Gasteiger partial charge in [0.2, 0.25) is 0 Å². The maximum atomic E-state index is 5.27. The molecule has 0 fully saturated rings. The fourth-order valence-corrected chi connectivity index (χ4v) is 1.66. The van der Waals surface area contributed by atoms with Crippen molar-refractivity contribution in [3.05, 3.63) is 36.0 Å². The summed E-state index contributed by atoms with van der Waals surface area (Å²) in [6.07, 6.45) is 0. The molecule has 2 rings (SSSR count). The predicted octanol–water partition coefficient (Wildman–Crippen LogP) is 1.93. The lowest BCUT2D eigenvalue weighted by molar-refractivity contribution is 0.143. The molecule has 0 N–H and O–H groups in total. The summed E-state index contributed by atoms with van der Waals surface area (Å²) < 4.78 is 6.83. The first-order valence-corrected chi connectivity index (χ1v) is 5.01. The van der Waals surface area contributed by atoms with Crippen molar-refractivity contribution < 1.29 is 9.57 Å². The molecule has 0 bridgehead atoms. The fraction of sp³-hybridized carbons (Fsp3) is 0.250. The minimum absolute atomic E-state index is 0.626. The first-order valence-electron chi connectivity index (χ1n) is 5.01. The normalized spacial score (nSPS) is 10.2. The molecule has 4 nitrogen and oxygen atoms in total. The van der Waals surface area contributed by atoms with E-state index in [1.165, 1.54) is 0 Å². The summed E-state index contributed by atoms with van der Waals surface area (Å²) in [6.45, 7) is 1.89. The second-order valence-corrected chi connectivity index (χ2v) is 3.37. The Kier molecular flexibility index (Phi) is 2.81. The van der Waals surface area contributed by atoms with Crippen molar-refractivity contribution in [1.29, 1.82) is 0 Å². The van der Waals surface area contributed by atoms with E-state index in [9.17, 15) is 0 Å². The van der Waals surface area contributed by atoms with Crippen LogP contribution < -0.4 is 9.57 Å². The molecular formula is C12H14N2O2. The average Bonchev–Trinajstić information content (AvgIpc) is 2.66. The van der Waals surface area contributed by atoms with Crippen LogP contribution in [0.2, 0.25) is 0 Å². The van der Waals surface area contributed by atoms with Crippen LogP contribution in [0.4, 0.5) is 0 Å². The quantitative estimate of drug-likeness (QED) is 0.789. The maximum Gasteiger partial charge on any atom is 0.251 e. The van der Waals surface area contributed by atoms with E-state index < -0.39 is 0 Å². The van der Waals surface area contributed by atoms with E-state index in [1.807, 2.05) is 37.3 Å². The largest absolute Gasteiger partial charge is 0.479 e. The van der Waals surface area contributed by atoms with Crippen molar-refractivity contribution in [1.82, 2.24) is 9.71 Å². The number of aromatic nitrogens is 2. The smallest absolute Gasteiger partial charge is 0.251 e. The Labute approximate surface area is 94.4 Å². The summed E-state index contributed by atoms with van der Waals surface area (Å²) in [5.74, 6) is 1.37. The molecule has 0 aliphatic carbocycles. The zero-order chi connectivity index (χ0) is 11.5. The third kappa shape index (κ3) is 1.62. The molecule has 84 valence electrons. The fourth-order valence-electron chi connectivity index (χ4n) is 1.66. The van der Waals surface area contributed by atoms with Gasteiger partial charge in [-0.05, 0) is 6.92 Å². The Morgan fingerprint density at radius 3 is 2.38 bits per heavy atom. The maximum absolute atomic E-state index is 5.27. The first kappa shape index (κ1) is 10.5. The number of benzene rings is 1. The summed E-state index contributed by atoms with van der Waals surface area (Å²) >= 11 is 0. The number of nitrogens with zero attached hydrogens (tertiary/aromatic N) is 2. The van der Waals surface area contributed by atoms with Gasteiger partial charge in [0, 0.05) is 5.56 Å². The van der Waals surface area contributed by atoms with Gasteiger partial charge in [0.1, 0.15) is 12.8 Å². The Bertz CT molecular complexity index is 477. The van der Waals surface area contributed by atoms with Crippen LogP contribution in [0.15, 0.2) is 30.3 Å². The molecule has 4 heteroatoms. The summed E-state index contributed by atoms with van der Waals surface area (Å²) in [5, 5.41) is 0.